The lowest BCUT2D eigenvalue weighted by molar-refractivity contribution is -0.0446. The highest BCUT2D eigenvalue weighted by Crippen LogP contribution is 2.64. The zero-order chi connectivity index (χ0) is 13.3. The Morgan fingerprint density at radius 1 is 1.05 bits per heavy atom. The highest BCUT2D eigenvalue weighted by Gasteiger charge is 2.52. The summed E-state index contributed by atoms with van der Waals surface area (Å²) in [6.45, 7) is 5.10. The van der Waals surface area contributed by atoms with Crippen LogP contribution in [0.15, 0.2) is 24.3 Å². The third kappa shape index (κ3) is 2.52. The van der Waals surface area contributed by atoms with Gasteiger partial charge in [0, 0.05) is 0 Å². The molecule has 0 N–H and O–H groups in total. The third-order valence-electron chi connectivity index (χ3n) is 5.16. The molecule has 0 heterocycles. The molecule has 0 atom stereocenters. The smallest absolute Gasteiger partial charge is 0.119 e. The molecule has 1 heteroatoms. The van der Waals surface area contributed by atoms with Crippen molar-refractivity contribution in [2.45, 2.75) is 58.3 Å². The van der Waals surface area contributed by atoms with Crippen molar-refractivity contribution >= 4 is 0 Å². The number of benzene rings is 1. The van der Waals surface area contributed by atoms with E-state index in [0.29, 0.717) is 0 Å². The van der Waals surface area contributed by atoms with Crippen LogP contribution in [-0.2, 0) is 0 Å². The van der Waals surface area contributed by atoms with Crippen molar-refractivity contribution in [3.63, 3.8) is 0 Å². The molecule has 104 valence electrons. The van der Waals surface area contributed by atoms with Crippen molar-refractivity contribution in [2.75, 3.05) is 6.61 Å². The monoisotopic (exact) mass is 258 g/mol. The molecule has 0 aromatic heterocycles. The van der Waals surface area contributed by atoms with Crippen LogP contribution in [0.4, 0.5) is 0 Å². The van der Waals surface area contributed by atoms with E-state index in [2.05, 4.69) is 31.2 Å². The summed E-state index contributed by atoms with van der Waals surface area (Å²) in [6.07, 6.45) is 8.70. The molecule has 0 amide bonds. The minimum absolute atomic E-state index is 0.753. The minimum atomic E-state index is 0.753. The van der Waals surface area contributed by atoms with Crippen molar-refractivity contribution in [1.29, 1.82) is 0 Å². The fourth-order valence-electron chi connectivity index (χ4n) is 4.33. The van der Waals surface area contributed by atoms with Gasteiger partial charge in [-0.1, -0.05) is 31.9 Å². The summed E-state index contributed by atoms with van der Waals surface area (Å²) >= 11 is 0. The summed E-state index contributed by atoms with van der Waals surface area (Å²) < 4.78 is 5.51. The van der Waals surface area contributed by atoms with E-state index in [-0.39, 0.29) is 0 Å². The van der Waals surface area contributed by atoms with Crippen LogP contribution < -0.4 is 4.74 Å². The van der Waals surface area contributed by atoms with Crippen molar-refractivity contribution in [1.82, 2.24) is 0 Å². The Morgan fingerprint density at radius 2 is 1.74 bits per heavy atom. The summed E-state index contributed by atoms with van der Waals surface area (Å²) in [5, 5.41) is 0. The lowest BCUT2D eigenvalue weighted by atomic mass is 9.47. The predicted octanol–water partition coefficient (Wildman–Crippen LogP) is 5.16. The summed E-state index contributed by atoms with van der Waals surface area (Å²) in [7, 11) is 0. The van der Waals surface area contributed by atoms with Gasteiger partial charge in [-0.3, -0.25) is 0 Å². The first-order valence-corrected chi connectivity index (χ1v) is 7.97. The molecule has 3 rings (SSSR count). The highest BCUT2D eigenvalue weighted by molar-refractivity contribution is 5.31. The number of ether oxygens (including phenoxy) is 1. The van der Waals surface area contributed by atoms with Crippen molar-refractivity contribution in [2.24, 2.45) is 11.3 Å². The summed E-state index contributed by atoms with van der Waals surface area (Å²) in [6, 6.07) is 8.80. The zero-order valence-electron chi connectivity index (χ0n) is 12.3. The van der Waals surface area contributed by atoms with Crippen LogP contribution in [-0.4, -0.2) is 6.61 Å². The Labute approximate surface area is 117 Å². The van der Waals surface area contributed by atoms with Crippen LogP contribution in [0, 0.1) is 11.3 Å². The molecule has 0 radical (unpaired) electrons. The Hall–Kier alpha value is -0.980. The minimum Gasteiger partial charge on any atom is -0.494 e. The van der Waals surface area contributed by atoms with Gasteiger partial charge in [0.25, 0.3) is 0 Å². The standard InChI is InChI=1S/C18H26O/c1-3-5-14-10-18(11-14)12-16(13-18)15-6-8-17(9-7-15)19-4-2/h6-9,14,16H,3-5,10-13H2,1-2H3. The van der Waals surface area contributed by atoms with E-state index in [9.17, 15) is 0 Å². The van der Waals surface area contributed by atoms with Crippen molar-refractivity contribution in [3.05, 3.63) is 29.8 Å². The van der Waals surface area contributed by atoms with Gasteiger partial charge < -0.3 is 4.74 Å². The van der Waals surface area contributed by atoms with Gasteiger partial charge in [0.05, 0.1) is 6.61 Å². The normalized spacial score (nSPS) is 32.7. The average Bonchev–Trinajstić information content (AvgIpc) is 2.32. The molecule has 0 unspecified atom stereocenters. The van der Waals surface area contributed by atoms with E-state index >= 15 is 0 Å². The van der Waals surface area contributed by atoms with Gasteiger partial charge in [0.2, 0.25) is 0 Å². The van der Waals surface area contributed by atoms with Gasteiger partial charge in [0.15, 0.2) is 0 Å². The SMILES string of the molecule is CCCC1CC2(C1)CC(c1ccc(OCC)cc1)C2. The van der Waals surface area contributed by atoms with E-state index in [1.807, 2.05) is 6.92 Å². The first-order valence-electron chi connectivity index (χ1n) is 7.97. The van der Waals surface area contributed by atoms with E-state index in [4.69, 9.17) is 4.74 Å². The van der Waals surface area contributed by atoms with Crippen LogP contribution in [0.3, 0.4) is 0 Å². The molecule has 0 saturated heterocycles. The first-order chi connectivity index (χ1) is 9.24. The van der Waals surface area contributed by atoms with Crippen molar-refractivity contribution < 1.29 is 4.74 Å². The van der Waals surface area contributed by atoms with Crippen LogP contribution in [0.1, 0.15) is 63.9 Å². The predicted molar refractivity (Wildman–Crippen MR) is 79.7 cm³/mol. The molecule has 0 bridgehead atoms. The van der Waals surface area contributed by atoms with E-state index < -0.39 is 0 Å². The lowest BCUT2D eigenvalue weighted by Gasteiger charge is -2.58. The number of hydrogen-bond acceptors (Lipinski definition) is 1. The number of hydrogen-bond donors (Lipinski definition) is 0. The Morgan fingerprint density at radius 3 is 2.32 bits per heavy atom. The Kier molecular flexibility index (Phi) is 3.56. The molecule has 2 fully saturated rings. The molecule has 1 aromatic carbocycles. The second-order valence-electron chi connectivity index (χ2n) is 6.67. The molecule has 1 aromatic rings. The van der Waals surface area contributed by atoms with E-state index in [1.54, 1.807) is 0 Å². The third-order valence-corrected chi connectivity index (χ3v) is 5.16. The fourth-order valence-corrected chi connectivity index (χ4v) is 4.33. The van der Waals surface area contributed by atoms with E-state index in [1.165, 1.54) is 44.1 Å². The second kappa shape index (κ2) is 5.19. The van der Waals surface area contributed by atoms with Crippen molar-refractivity contribution in [3.8, 4) is 5.75 Å². The Bertz CT molecular complexity index is 406. The molecule has 19 heavy (non-hydrogen) atoms. The molecule has 1 spiro atoms. The topological polar surface area (TPSA) is 9.23 Å². The number of rotatable bonds is 5. The van der Waals surface area contributed by atoms with Gasteiger partial charge in [-0.15, -0.1) is 0 Å². The molecule has 2 aliphatic carbocycles. The quantitative estimate of drug-likeness (QED) is 0.709. The maximum Gasteiger partial charge on any atom is 0.119 e. The van der Waals surface area contributed by atoms with Gasteiger partial charge in [-0.25, -0.2) is 0 Å². The lowest BCUT2D eigenvalue weighted by Crippen LogP contribution is -2.46. The Balaban J connectivity index is 1.51. The second-order valence-corrected chi connectivity index (χ2v) is 6.67. The van der Waals surface area contributed by atoms with Gasteiger partial charge in [-0.2, -0.15) is 0 Å². The summed E-state index contributed by atoms with van der Waals surface area (Å²) in [5.41, 5.74) is 2.27. The maximum atomic E-state index is 5.51. The molecule has 2 saturated carbocycles. The first kappa shape index (κ1) is 13.0. The molecule has 1 nitrogen and oxygen atoms in total. The van der Waals surface area contributed by atoms with Crippen LogP contribution in [0.5, 0.6) is 5.75 Å². The summed E-state index contributed by atoms with van der Waals surface area (Å²) in [4.78, 5) is 0. The fraction of sp³-hybridized carbons (Fsp3) is 0.667. The zero-order valence-corrected chi connectivity index (χ0v) is 12.3. The van der Waals surface area contributed by atoms with Gasteiger partial charge in [0.1, 0.15) is 5.75 Å². The molecule has 2 aliphatic rings. The molecule has 0 aliphatic heterocycles. The van der Waals surface area contributed by atoms with Crippen LogP contribution in [0.2, 0.25) is 0 Å². The van der Waals surface area contributed by atoms with Crippen LogP contribution in [0.25, 0.3) is 0 Å². The average molecular weight is 258 g/mol. The highest BCUT2D eigenvalue weighted by atomic mass is 16.5. The molecular weight excluding hydrogens is 232 g/mol. The molecular formula is C18H26O. The summed E-state index contributed by atoms with van der Waals surface area (Å²) in [5.74, 6) is 2.87. The maximum absolute atomic E-state index is 5.51. The van der Waals surface area contributed by atoms with Crippen LogP contribution >= 0.6 is 0 Å². The van der Waals surface area contributed by atoms with Gasteiger partial charge in [-0.05, 0) is 67.6 Å². The van der Waals surface area contributed by atoms with Gasteiger partial charge >= 0.3 is 0 Å². The van der Waals surface area contributed by atoms with E-state index in [0.717, 1.165) is 29.6 Å². The largest absolute Gasteiger partial charge is 0.494 e.